The van der Waals surface area contributed by atoms with Crippen LogP contribution in [-0.4, -0.2) is 36.5 Å². The van der Waals surface area contributed by atoms with Gasteiger partial charge in [-0.05, 0) is 43.6 Å². The first kappa shape index (κ1) is 20.2. The molecule has 0 unspecified atom stereocenters. The lowest BCUT2D eigenvalue weighted by atomic mass is 9.44. The van der Waals surface area contributed by atoms with E-state index in [2.05, 4.69) is 47.6 Å². The Morgan fingerprint density at radius 2 is 1.72 bits per heavy atom. The summed E-state index contributed by atoms with van der Waals surface area (Å²) >= 11 is 0. The van der Waals surface area contributed by atoms with Crippen molar-refractivity contribution in [2.45, 2.75) is 97.6 Å². The molecule has 5 aliphatic rings. The third-order valence-electron chi connectivity index (χ3n) is 10.4. The van der Waals surface area contributed by atoms with Crippen molar-refractivity contribution >= 4 is 5.78 Å². The van der Waals surface area contributed by atoms with Gasteiger partial charge < -0.3 is 14.2 Å². The van der Waals surface area contributed by atoms with Gasteiger partial charge in [-0.2, -0.15) is 0 Å². The quantitative estimate of drug-likeness (QED) is 0.532. The predicted octanol–water partition coefficient (Wildman–Crippen LogP) is 5.06. The number of ether oxygens (including phenoxy) is 3. The van der Waals surface area contributed by atoms with E-state index in [1.807, 2.05) is 0 Å². The van der Waals surface area contributed by atoms with Crippen LogP contribution in [0.5, 0.6) is 0 Å². The van der Waals surface area contributed by atoms with Crippen LogP contribution in [-0.2, 0) is 19.0 Å². The molecular formula is C25H38O4. The Morgan fingerprint density at radius 1 is 1.03 bits per heavy atom. The maximum atomic E-state index is 12.4. The van der Waals surface area contributed by atoms with Gasteiger partial charge in [-0.25, -0.2) is 0 Å². The molecule has 2 spiro atoms. The van der Waals surface area contributed by atoms with E-state index in [0.717, 1.165) is 25.7 Å². The van der Waals surface area contributed by atoms with Crippen LogP contribution in [0, 0.1) is 28.1 Å². The lowest BCUT2D eigenvalue weighted by molar-refractivity contribution is -0.303. The SMILES string of the molecule is CC1=CC[C@H]2C(C)(C)C3(CC[C@]2(C)[C@]12C[C@@]1(C)[C@H](CC(=O)C[C@@H]1C)O2)OCCO3. The van der Waals surface area contributed by atoms with Crippen molar-refractivity contribution < 1.29 is 19.0 Å². The van der Waals surface area contributed by atoms with Crippen molar-refractivity contribution in [2.24, 2.45) is 28.1 Å². The Bertz CT molecular complexity index is 763. The number of rotatable bonds is 0. The average Bonchev–Trinajstić information content (AvgIpc) is 3.23. The van der Waals surface area contributed by atoms with Crippen LogP contribution in [0.25, 0.3) is 0 Å². The molecule has 0 bridgehead atoms. The second-order valence-electron chi connectivity index (χ2n) is 11.7. The Balaban J connectivity index is 1.59. The zero-order chi connectivity index (χ0) is 20.9. The van der Waals surface area contributed by atoms with Crippen molar-refractivity contribution in [3.63, 3.8) is 0 Å². The highest BCUT2D eigenvalue weighted by molar-refractivity contribution is 5.80. The molecule has 4 nitrogen and oxygen atoms in total. The number of ketones is 1. The third kappa shape index (κ3) is 2.29. The van der Waals surface area contributed by atoms with Gasteiger partial charge in [0.2, 0.25) is 0 Å². The fraction of sp³-hybridized carbons (Fsp3) is 0.880. The van der Waals surface area contributed by atoms with Crippen LogP contribution in [0.3, 0.4) is 0 Å². The van der Waals surface area contributed by atoms with E-state index in [1.54, 1.807) is 0 Å². The molecule has 0 radical (unpaired) electrons. The van der Waals surface area contributed by atoms with E-state index in [-0.39, 0.29) is 27.9 Å². The second kappa shape index (κ2) is 5.95. The second-order valence-corrected chi connectivity index (χ2v) is 11.7. The van der Waals surface area contributed by atoms with E-state index in [4.69, 9.17) is 14.2 Å². The summed E-state index contributed by atoms with van der Waals surface area (Å²) in [7, 11) is 0. The van der Waals surface area contributed by atoms with Gasteiger partial charge in [-0.15, -0.1) is 0 Å². The van der Waals surface area contributed by atoms with Gasteiger partial charge in [0.25, 0.3) is 0 Å². The lowest BCUT2D eigenvalue weighted by Gasteiger charge is -2.64. The number of fused-ring (bicyclic) bond motifs is 3. The largest absolute Gasteiger partial charge is 0.366 e. The summed E-state index contributed by atoms with van der Waals surface area (Å²) in [5.74, 6) is 0.692. The molecule has 29 heavy (non-hydrogen) atoms. The summed E-state index contributed by atoms with van der Waals surface area (Å²) in [5.41, 5.74) is 1.07. The van der Waals surface area contributed by atoms with Crippen LogP contribution in [0.1, 0.15) is 80.1 Å². The van der Waals surface area contributed by atoms with Gasteiger partial charge in [-0.3, -0.25) is 4.79 Å². The van der Waals surface area contributed by atoms with Crippen molar-refractivity contribution in [3.05, 3.63) is 11.6 Å². The van der Waals surface area contributed by atoms with Crippen LogP contribution < -0.4 is 0 Å². The van der Waals surface area contributed by atoms with Crippen molar-refractivity contribution in [3.8, 4) is 0 Å². The molecule has 4 heteroatoms. The van der Waals surface area contributed by atoms with Gasteiger partial charge in [0.15, 0.2) is 5.79 Å². The highest BCUT2D eigenvalue weighted by Gasteiger charge is 2.72. The highest BCUT2D eigenvalue weighted by atomic mass is 16.7. The molecule has 5 rings (SSSR count). The number of hydrogen-bond donors (Lipinski definition) is 0. The Labute approximate surface area is 175 Å². The number of Topliss-reactive ketones (excluding diaryl/α,β-unsaturated/α-hetero) is 1. The normalized spacial score (nSPS) is 50.5. The van der Waals surface area contributed by atoms with Gasteiger partial charge >= 0.3 is 0 Å². The molecule has 2 aliphatic heterocycles. The Morgan fingerprint density at radius 3 is 2.41 bits per heavy atom. The zero-order valence-electron chi connectivity index (χ0n) is 19.1. The first-order valence-corrected chi connectivity index (χ1v) is 11.7. The summed E-state index contributed by atoms with van der Waals surface area (Å²) in [5, 5.41) is 0. The maximum Gasteiger partial charge on any atom is 0.173 e. The van der Waals surface area contributed by atoms with Gasteiger partial charge in [0, 0.05) is 35.5 Å². The molecule has 0 aromatic carbocycles. The summed E-state index contributed by atoms with van der Waals surface area (Å²) in [6.07, 6.45) is 7.77. The van der Waals surface area contributed by atoms with E-state index in [9.17, 15) is 4.79 Å². The van der Waals surface area contributed by atoms with Crippen LogP contribution >= 0.6 is 0 Å². The molecule has 162 valence electrons. The molecular weight excluding hydrogens is 364 g/mol. The molecule has 6 atom stereocenters. The van der Waals surface area contributed by atoms with Crippen molar-refractivity contribution in [1.82, 2.24) is 0 Å². The summed E-state index contributed by atoms with van der Waals surface area (Å²) in [6, 6.07) is 0. The fourth-order valence-electron chi connectivity index (χ4n) is 8.17. The first-order valence-electron chi connectivity index (χ1n) is 11.7. The molecule has 2 saturated heterocycles. The topological polar surface area (TPSA) is 44.8 Å². The first-order chi connectivity index (χ1) is 13.5. The third-order valence-corrected chi connectivity index (χ3v) is 10.4. The summed E-state index contributed by atoms with van der Waals surface area (Å²) < 4.78 is 19.7. The molecule has 2 saturated carbocycles. The number of hydrogen-bond acceptors (Lipinski definition) is 4. The molecule has 3 aliphatic carbocycles. The molecule has 4 fully saturated rings. The number of allylic oxidation sites excluding steroid dienone is 1. The smallest absolute Gasteiger partial charge is 0.173 e. The summed E-state index contributed by atoms with van der Waals surface area (Å²) in [6.45, 7) is 15.5. The highest BCUT2D eigenvalue weighted by Crippen LogP contribution is 2.71. The predicted molar refractivity (Wildman–Crippen MR) is 111 cm³/mol. The molecule has 2 heterocycles. The molecule has 0 aromatic rings. The zero-order valence-corrected chi connectivity index (χ0v) is 19.1. The standard InChI is InChI=1S/C25H38O4/c1-16-7-8-19-21(3,4)25(27-11-12-28-25)10-9-23(19,6)24(16)15-22(5)17(2)13-18(26)14-20(22)29-24/h7,17,19-20H,8-15H2,1-6H3/t17-,19-,20-,22+,23-,24-/m0/s1. The molecule has 0 aromatic heterocycles. The Kier molecular flexibility index (Phi) is 4.15. The minimum absolute atomic E-state index is 0.0129. The number of carbonyl (C=O) groups is 1. The van der Waals surface area contributed by atoms with E-state index in [0.29, 0.717) is 43.7 Å². The maximum absolute atomic E-state index is 12.4. The van der Waals surface area contributed by atoms with Crippen LogP contribution in [0.2, 0.25) is 0 Å². The minimum Gasteiger partial charge on any atom is -0.366 e. The molecule has 0 amide bonds. The molecule has 0 N–H and O–H groups in total. The Hall–Kier alpha value is -0.710. The lowest BCUT2D eigenvalue weighted by Crippen LogP contribution is -2.66. The van der Waals surface area contributed by atoms with Crippen molar-refractivity contribution in [1.29, 1.82) is 0 Å². The van der Waals surface area contributed by atoms with E-state index >= 15 is 0 Å². The van der Waals surface area contributed by atoms with Gasteiger partial charge in [0.05, 0.1) is 24.9 Å². The minimum atomic E-state index is -0.462. The van der Waals surface area contributed by atoms with E-state index in [1.165, 1.54) is 5.57 Å². The fourth-order valence-corrected chi connectivity index (χ4v) is 8.17. The van der Waals surface area contributed by atoms with Gasteiger partial charge in [-0.1, -0.05) is 40.7 Å². The van der Waals surface area contributed by atoms with Crippen LogP contribution in [0.4, 0.5) is 0 Å². The monoisotopic (exact) mass is 402 g/mol. The van der Waals surface area contributed by atoms with Gasteiger partial charge in [0.1, 0.15) is 5.78 Å². The van der Waals surface area contributed by atoms with Crippen LogP contribution in [0.15, 0.2) is 11.6 Å². The summed E-state index contributed by atoms with van der Waals surface area (Å²) in [4.78, 5) is 12.4. The number of carbonyl (C=O) groups excluding carboxylic acids is 1. The average molecular weight is 403 g/mol. The van der Waals surface area contributed by atoms with Crippen molar-refractivity contribution in [2.75, 3.05) is 13.2 Å². The van der Waals surface area contributed by atoms with E-state index < -0.39 is 5.79 Å².